The van der Waals surface area contributed by atoms with Crippen LogP contribution in [0, 0.1) is 10.2 Å². The maximum absolute atomic E-state index is 8.49. The van der Waals surface area contributed by atoms with E-state index < -0.39 is 17.5 Å². The number of rotatable bonds is 6. The summed E-state index contributed by atoms with van der Waals surface area (Å²) in [7, 11) is -7.13. The fourth-order valence-electron chi connectivity index (χ4n) is 3.90. The average Bonchev–Trinajstić information content (AvgIpc) is 3.35. The molecule has 0 aliphatic carbocycles. The van der Waals surface area contributed by atoms with Crippen LogP contribution in [0.15, 0.2) is 130 Å². The van der Waals surface area contributed by atoms with E-state index in [4.69, 9.17) is 35.2 Å². The highest BCUT2D eigenvalue weighted by atomic mass is 35.7. The lowest BCUT2D eigenvalue weighted by molar-refractivity contribution is -2.00. The maximum atomic E-state index is 8.49. The molecule has 5 aromatic rings. The van der Waals surface area contributed by atoms with Gasteiger partial charge in [0.05, 0.1) is 5.51 Å². The summed E-state index contributed by atoms with van der Waals surface area (Å²) >= 11 is 9.60. The number of halogens is 2. The summed E-state index contributed by atoms with van der Waals surface area (Å²) in [6.45, 7) is 0. The summed E-state index contributed by atoms with van der Waals surface area (Å²) < 4.78 is 35.2. The molecule has 4 aromatic carbocycles. The Balaban J connectivity index is 0.000000586. The van der Waals surface area contributed by atoms with E-state index in [-0.39, 0.29) is 0 Å². The van der Waals surface area contributed by atoms with Crippen molar-refractivity contribution in [3.8, 4) is 0 Å². The van der Waals surface area contributed by atoms with Crippen molar-refractivity contribution in [3.05, 3.63) is 126 Å². The van der Waals surface area contributed by atoms with Gasteiger partial charge in [-0.25, -0.2) is 23.6 Å². The van der Waals surface area contributed by atoms with Crippen molar-refractivity contribution in [1.82, 2.24) is 4.98 Å². The van der Waals surface area contributed by atoms with Gasteiger partial charge in [-0.2, -0.15) is 0 Å². The predicted octanol–water partition coefficient (Wildman–Crippen LogP) is 1.81. The van der Waals surface area contributed by atoms with Crippen LogP contribution in [-0.4, -0.2) is 4.98 Å². The fourth-order valence-corrected chi connectivity index (χ4v) is 10.9. The van der Waals surface area contributed by atoms with Crippen LogP contribution in [0.2, 0.25) is 5.02 Å². The number of hydrogen-bond acceptors (Lipinski definition) is 7. The lowest BCUT2D eigenvalue weighted by Gasteiger charge is -2.26. The van der Waals surface area contributed by atoms with Gasteiger partial charge >= 0.3 is 0 Å². The molecule has 10 heteroatoms. The van der Waals surface area contributed by atoms with Gasteiger partial charge < -0.3 is 0 Å². The Labute approximate surface area is 231 Å². The molecule has 0 amide bonds. The quantitative estimate of drug-likeness (QED) is 0.281. The molecule has 1 heterocycles. The molecule has 0 saturated heterocycles. The SMILES string of the molecule is Clc1ccc(Sc2scnc2[P+](c2ccccc2)(c2ccccc2)c2ccccc2)cc1.[O-][Cl+3]([O-])([O-])[O-]. The highest BCUT2D eigenvalue weighted by molar-refractivity contribution is 8.05. The smallest absolute Gasteiger partial charge is 0.222 e. The first-order valence-corrected chi connectivity index (χ1v) is 15.9. The van der Waals surface area contributed by atoms with Crippen molar-refractivity contribution < 1.29 is 28.9 Å². The molecule has 0 spiro atoms. The second-order valence-corrected chi connectivity index (χ2v) is 14.3. The van der Waals surface area contributed by atoms with Gasteiger partial charge in [-0.1, -0.05) is 78.0 Å². The first-order valence-electron chi connectivity index (χ1n) is 10.8. The van der Waals surface area contributed by atoms with Gasteiger partial charge in [0.15, 0.2) is 7.26 Å². The van der Waals surface area contributed by atoms with Crippen LogP contribution >= 0.6 is 42.0 Å². The normalized spacial score (nSPS) is 11.5. The molecular weight excluding hydrogens is 568 g/mol. The Kier molecular flexibility index (Phi) is 9.37. The molecule has 0 atom stereocenters. The zero-order chi connectivity index (χ0) is 26.3. The molecule has 5 rings (SSSR count). The van der Waals surface area contributed by atoms with Crippen LogP contribution in [-0.2, 0) is 0 Å². The number of nitrogens with zero attached hydrogens (tertiary/aromatic N) is 1. The first kappa shape index (κ1) is 27.7. The van der Waals surface area contributed by atoms with Gasteiger partial charge in [0.2, 0.25) is 5.44 Å². The van der Waals surface area contributed by atoms with Crippen molar-refractivity contribution in [1.29, 1.82) is 0 Å². The van der Waals surface area contributed by atoms with Crippen LogP contribution in [0.4, 0.5) is 0 Å². The van der Waals surface area contributed by atoms with Gasteiger partial charge in [-0.15, -0.1) is 21.6 Å². The number of benzene rings is 4. The Bertz CT molecular complexity index is 1300. The largest absolute Gasteiger partial charge is 0.223 e. The highest BCUT2D eigenvalue weighted by Gasteiger charge is 2.51. The van der Waals surface area contributed by atoms with Crippen LogP contribution < -0.4 is 40.0 Å². The summed E-state index contributed by atoms with van der Waals surface area (Å²) in [6, 6.07) is 40.6. The van der Waals surface area contributed by atoms with Gasteiger partial charge in [0.1, 0.15) is 20.1 Å². The molecule has 1 aromatic heterocycles. The molecule has 0 aliphatic heterocycles. The third-order valence-corrected chi connectivity index (χ3v) is 12.1. The van der Waals surface area contributed by atoms with E-state index in [0.717, 1.165) is 15.4 Å². The fraction of sp³-hybridized carbons (Fsp3) is 0. The summed E-state index contributed by atoms with van der Waals surface area (Å²) in [6.07, 6.45) is 0. The Morgan fingerprint density at radius 2 is 1.05 bits per heavy atom. The number of hydrogen-bond donors (Lipinski definition) is 0. The number of thiazole rings is 1. The van der Waals surface area contributed by atoms with Gasteiger partial charge in [0, 0.05) is 9.92 Å². The third-order valence-electron chi connectivity index (χ3n) is 5.29. The van der Waals surface area contributed by atoms with Crippen LogP contribution in [0.25, 0.3) is 0 Å². The minimum atomic E-state index is -4.94. The highest BCUT2D eigenvalue weighted by Crippen LogP contribution is 2.56. The van der Waals surface area contributed by atoms with Gasteiger partial charge in [-0.05, 0) is 60.7 Å². The van der Waals surface area contributed by atoms with Crippen molar-refractivity contribution in [2.45, 2.75) is 9.10 Å². The molecule has 0 saturated carbocycles. The standard InChI is InChI=1S/C27H20ClNPS2.ClHO4/c28-21-16-18-25(19-17-21)32-27-26(29-20-31-27)30(22-10-4-1-5-11-22,23-12-6-2-7-13-23)24-14-8-3-9-15-24;2-1(3,4)5/h1-20H;(H,2,3,4,5)/q+1;/p-1. The summed E-state index contributed by atoms with van der Waals surface area (Å²) in [5.74, 6) is 0. The predicted molar refractivity (Wildman–Crippen MR) is 142 cm³/mol. The van der Waals surface area contributed by atoms with Crippen LogP contribution in [0.5, 0.6) is 0 Å². The second kappa shape index (κ2) is 12.5. The second-order valence-electron chi connectivity index (χ2n) is 7.57. The summed E-state index contributed by atoms with van der Waals surface area (Å²) in [5, 5.41) is 4.67. The van der Waals surface area contributed by atoms with Crippen LogP contribution in [0.1, 0.15) is 0 Å². The van der Waals surface area contributed by atoms with E-state index in [2.05, 4.69) is 103 Å². The first-order chi connectivity index (χ1) is 17.8. The van der Waals surface area contributed by atoms with E-state index in [0.29, 0.717) is 0 Å². The topological polar surface area (TPSA) is 105 Å². The summed E-state index contributed by atoms with van der Waals surface area (Å²) in [4.78, 5) is 6.21. The number of aromatic nitrogens is 1. The van der Waals surface area contributed by atoms with Gasteiger partial charge in [0.25, 0.3) is 0 Å². The zero-order valence-electron chi connectivity index (χ0n) is 19.1. The molecular formula is C27H20Cl2NO4PS2. The molecule has 0 unspecified atom stereocenters. The maximum Gasteiger partial charge on any atom is 0.223 e. The zero-order valence-corrected chi connectivity index (χ0v) is 23.2. The van der Waals surface area contributed by atoms with Crippen molar-refractivity contribution in [2.24, 2.45) is 0 Å². The lowest BCUT2D eigenvalue weighted by Crippen LogP contribution is -2.68. The molecule has 0 aliphatic rings. The molecule has 5 nitrogen and oxygen atoms in total. The molecule has 0 N–H and O–H groups in total. The minimum absolute atomic E-state index is 0.749. The van der Waals surface area contributed by atoms with E-state index in [9.17, 15) is 0 Å². The average molecular weight is 588 g/mol. The summed E-state index contributed by atoms with van der Waals surface area (Å²) in [5.41, 5.74) is 3.14. The molecule has 0 fully saturated rings. The molecule has 188 valence electrons. The lowest BCUT2D eigenvalue weighted by atomic mass is 10.4. The Hall–Kier alpha value is -2.29. The van der Waals surface area contributed by atoms with E-state index in [1.807, 2.05) is 17.6 Å². The monoisotopic (exact) mass is 587 g/mol. The molecule has 0 radical (unpaired) electrons. The van der Waals surface area contributed by atoms with Crippen LogP contribution in [0.3, 0.4) is 0 Å². The van der Waals surface area contributed by atoms with E-state index >= 15 is 0 Å². The Morgan fingerprint density at radius 3 is 1.46 bits per heavy atom. The van der Waals surface area contributed by atoms with Crippen molar-refractivity contribution in [2.75, 3.05) is 0 Å². The Morgan fingerprint density at radius 1 is 0.649 bits per heavy atom. The molecule has 0 bridgehead atoms. The third kappa shape index (κ3) is 6.98. The van der Waals surface area contributed by atoms with E-state index in [1.165, 1.54) is 20.1 Å². The molecule has 37 heavy (non-hydrogen) atoms. The van der Waals surface area contributed by atoms with Gasteiger partial charge in [-0.3, -0.25) is 0 Å². The van der Waals surface area contributed by atoms with Crippen molar-refractivity contribution in [3.63, 3.8) is 0 Å². The van der Waals surface area contributed by atoms with E-state index in [1.54, 1.807) is 23.1 Å². The minimum Gasteiger partial charge on any atom is -0.222 e. The van der Waals surface area contributed by atoms with Crippen molar-refractivity contribution >= 4 is 63.3 Å².